The highest BCUT2D eigenvalue weighted by atomic mass is 32.2. The van der Waals surface area contributed by atoms with Gasteiger partial charge < -0.3 is 26.6 Å². The molecule has 44 heavy (non-hydrogen) atoms. The Bertz CT molecular complexity index is 1120. The Hall–Kier alpha value is -2.70. The van der Waals surface area contributed by atoms with E-state index < -0.39 is 63.0 Å². The fourth-order valence-electron chi connectivity index (χ4n) is 6.80. The topological polar surface area (TPSA) is 185 Å². The Morgan fingerprint density at radius 1 is 0.909 bits per heavy atom. The van der Waals surface area contributed by atoms with Gasteiger partial charge in [-0.3, -0.25) is 19.2 Å². The van der Waals surface area contributed by atoms with Gasteiger partial charge in [0.2, 0.25) is 17.6 Å². The molecule has 2 aliphatic rings. The molecule has 2 rings (SSSR count). The van der Waals surface area contributed by atoms with Gasteiger partial charge in [0.05, 0.1) is 17.3 Å². The second-order valence-electron chi connectivity index (χ2n) is 13.0. The molecule has 4 atom stereocenters. The lowest BCUT2D eigenvalue weighted by molar-refractivity contribution is -0.144. The van der Waals surface area contributed by atoms with Crippen molar-refractivity contribution in [3.63, 3.8) is 0 Å². The summed E-state index contributed by atoms with van der Waals surface area (Å²) >= 11 is 0. The average Bonchev–Trinajstić information content (AvgIpc) is 2.97. The molecule has 5 N–H and O–H groups in total. The van der Waals surface area contributed by atoms with Crippen molar-refractivity contribution >= 4 is 39.4 Å². The molecule has 0 aliphatic heterocycles. The van der Waals surface area contributed by atoms with Crippen molar-refractivity contribution in [2.45, 2.75) is 135 Å². The van der Waals surface area contributed by atoms with E-state index >= 15 is 0 Å². The number of sulfone groups is 1. The molecule has 0 aromatic carbocycles. The van der Waals surface area contributed by atoms with Crippen LogP contribution in [0.5, 0.6) is 0 Å². The molecule has 0 radical (unpaired) electrons. The van der Waals surface area contributed by atoms with Gasteiger partial charge in [-0.1, -0.05) is 65.7 Å². The zero-order valence-corrected chi connectivity index (χ0v) is 28.1. The number of rotatable bonds is 16. The quantitative estimate of drug-likeness (QED) is 0.187. The lowest BCUT2D eigenvalue weighted by atomic mass is 9.82. The summed E-state index contributed by atoms with van der Waals surface area (Å²) in [7, 11) is -3.38. The molecular formula is C31H55N5O7S. The van der Waals surface area contributed by atoms with E-state index in [4.69, 9.17) is 5.73 Å². The molecule has 12 nitrogen and oxygen atoms in total. The van der Waals surface area contributed by atoms with E-state index in [9.17, 15) is 32.4 Å². The molecule has 2 saturated carbocycles. The number of carbonyl (C=O) groups is 5. The van der Waals surface area contributed by atoms with Crippen molar-refractivity contribution in [1.82, 2.24) is 20.9 Å². The SMILES string of the molecule is CCC(C)CC(NC(=O)C(CC)N(CC)C(=O)C(NC(=O)NC1(CS(C)(=O)=O)CCCCC1)C1CCCCC1)C(=O)C(N)=O. The number of Topliss-reactive ketones (excluding diaryl/α,β-unsaturated/α-hetero) is 1. The lowest BCUT2D eigenvalue weighted by Crippen LogP contribution is -2.63. The van der Waals surface area contributed by atoms with E-state index in [2.05, 4.69) is 16.0 Å². The molecule has 0 bridgehead atoms. The van der Waals surface area contributed by atoms with Crippen LogP contribution in [0.25, 0.3) is 0 Å². The van der Waals surface area contributed by atoms with Gasteiger partial charge in [0.15, 0.2) is 0 Å². The summed E-state index contributed by atoms with van der Waals surface area (Å²) in [6, 6.07) is -3.55. The van der Waals surface area contributed by atoms with Gasteiger partial charge in [0.25, 0.3) is 5.91 Å². The van der Waals surface area contributed by atoms with Crippen LogP contribution < -0.4 is 21.7 Å². The first kappa shape index (κ1) is 37.5. The van der Waals surface area contributed by atoms with Crippen LogP contribution in [0.1, 0.15) is 111 Å². The van der Waals surface area contributed by atoms with Crippen LogP contribution >= 0.6 is 0 Å². The van der Waals surface area contributed by atoms with Crippen molar-refractivity contribution in [1.29, 1.82) is 0 Å². The number of amides is 5. The van der Waals surface area contributed by atoms with Crippen LogP contribution in [0.4, 0.5) is 4.79 Å². The Morgan fingerprint density at radius 2 is 1.50 bits per heavy atom. The number of ketones is 1. The van der Waals surface area contributed by atoms with Gasteiger partial charge in [0.1, 0.15) is 21.9 Å². The number of likely N-dealkylation sites (N-methyl/N-ethyl adjacent to an activating group) is 1. The normalized spacial score (nSPS) is 19.9. The minimum absolute atomic E-state index is 0.0427. The third kappa shape index (κ3) is 11.0. The summed E-state index contributed by atoms with van der Waals surface area (Å²) in [5.74, 6) is -3.26. The fraction of sp³-hybridized carbons (Fsp3) is 0.839. The number of carbonyl (C=O) groups excluding carboxylic acids is 5. The predicted octanol–water partition coefficient (Wildman–Crippen LogP) is 2.58. The van der Waals surface area contributed by atoms with E-state index in [0.29, 0.717) is 12.8 Å². The number of nitrogens with two attached hydrogens (primary N) is 1. The minimum Gasteiger partial charge on any atom is -0.363 e. The molecule has 13 heteroatoms. The van der Waals surface area contributed by atoms with E-state index in [1.54, 1.807) is 13.8 Å². The highest BCUT2D eigenvalue weighted by Gasteiger charge is 2.41. The van der Waals surface area contributed by atoms with Gasteiger partial charge in [-0.15, -0.1) is 0 Å². The molecule has 0 saturated heterocycles. The molecule has 0 spiro atoms. The number of hydrogen-bond donors (Lipinski definition) is 4. The van der Waals surface area contributed by atoms with E-state index in [1.807, 2.05) is 13.8 Å². The van der Waals surface area contributed by atoms with Crippen LogP contribution in [-0.2, 0) is 29.0 Å². The maximum atomic E-state index is 14.2. The van der Waals surface area contributed by atoms with Crippen molar-refractivity contribution in [2.75, 3.05) is 18.6 Å². The van der Waals surface area contributed by atoms with Gasteiger partial charge in [-0.05, 0) is 57.3 Å². The molecule has 4 unspecified atom stereocenters. The maximum absolute atomic E-state index is 14.2. The summed E-state index contributed by atoms with van der Waals surface area (Å²) < 4.78 is 24.6. The molecule has 2 aliphatic carbocycles. The van der Waals surface area contributed by atoms with Crippen LogP contribution in [0.3, 0.4) is 0 Å². The maximum Gasteiger partial charge on any atom is 0.315 e. The Balaban J connectivity index is 2.32. The molecule has 2 fully saturated rings. The first-order chi connectivity index (χ1) is 20.7. The number of primary amides is 1. The van der Waals surface area contributed by atoms with Gasteiger partial charge in [0, 0.05) is 12.8 Å². The number of nitrogens with zero attached hydrogens (tertiary/aromatic N) is 1. The number of hydrogen-bond acceptors (Lipinski definition) is 7. The van der Waals surface area contributed by atoms with Crippen LogP contribution in [0, 0.1) is 11.8 Å². The average molecular weight is 642 g/mol. The second-order valence-corrected chi connectivity index (χ2v) is 15.1. The fourth-order valence-corrected chi connectivity index (χ4v) is 8.16. The summed E-state index contributed by atoms with van der Waals surface area (Å²) in [4.78, 5) is 67.0. The Labute approximate surface area is 263 Å². The Kier molecular flexibility index (Phi) is 14.6. The summed E-state index contributed by atoms with van der Waals surface area (Å²) in [6.07, 6.45) is 10.3. The first-order valence-electron chi connectivity index (χ1n) is 16.4. The monoisotopic (exact) mass is 641 g/mol. The van der Waals surface area contributed by atoms with E-state index in [-0.39, 0.29) is 37.0 Å². The molecule has 0 aromatic heterocycles. The molecule has 252 valence electrons. The standard InChI is InChI=1S/C31H55N5O7S/c1-6-21(4)19-23(26(37)27(32)38)33-28(39)24(7-2)36(8-3)29(40)25(22-15-11-9-12-16-22)34-30(41)35-31(20-44(5,42)43)17-13-10-14-18-31/h21-25H,6-20H2,1-5H3,(H2,32,38)(H,33,39)(H2,34,35,41). The zero-order valence-electron chi connectivity index (χ0n) is 27.3. The predicted molar refractivity (Wildman–Crippen MR) is 169 cm³/mol. The van der Waals surface area contributed by atoms with Crippen molar-refractivity contribution < 1.29 is 32.4 Å². The first-order valence-corrected chi connectivity index (χ1v) is 18.4. The van der Waals surface area contributed by atoms with Gasteiger partial charge in [-0.2, -0.15) is 0 Å². The third-order valence-electron chi connectivity index (χ3n) is 9.30. The highest BCUT2D eigenvalue weighted by molar-refractivity contribution is 7.90. The summed E-state index contributed by atoms with van der Waals surface area (Å²) in [5.41, 5.74) is 4.37. The summed E-state index contributed by atoms with van der Waals surface area (Å²) in [6.45, 7) is 7.53. The molecule has 0 aromatic rings. The minimum atomic E-state index is -3.38. The smallest absolute Gasteiger partial charge is 0.315 e. The van der Waals surface area contributed by atoms with Gasteiger partial charge in [-0.25, -0.2) is 13.2 Å². The van der Waals surface area contributed by atoms with Crippen LogP contribution in [0.15, 0.2) is 0 Å². The van der Waals surface area contributed by atoms with E-state index in [1.165, 1.54) is 4.90 Å². The van der Waals surface area contributed by atoms with E-state index in [0.717, 1.165) is 64.0 Å². The van der Waals surface area contributed by atoms with Crippen LogP contribution in [0.2, 0.25) is 0 Å². The molecule has 5 amide bonds. The second kappa shape index (κ2) is 17.1. The van der Waals surface area contributed by atoms with Crippen molar-refractivity contribution in [2.24, 2.45) is 17.6 Å². The van der Waals surface area contributed by atoms with Crippen LogP contribution in [-0.4, -0.2) is 85.1 Å². The van der Waals surface area contributed by atoms with Gasteiger partial charge >= 0.3 is 6.03 Å². The summed E-state index contributed by atoms with van der Waals surface area (Å²) in [5, 5.41) is 8.53. The lowest BCUT2D eigenvalue weighted by Gasteiger charge is -2.40. The number of nitrogens with one attached hydrogen (secondary N) is 3. The zero-order chi connectivity index (χ0) is 33.1. The van der Waals surface area contributed by atoms with Crippen molar-refractivity contribution in [3.05, 3.63) is 0 Å². The largest absolute Gasteiger partial charge is 0.363 e. The third-order valence-corrected chi connectivity index (χ3v) is 10.4. The highest BCUT2D eigenvalue weighted by Crippen LogP contribution is 2.31. The van der Waals surface area contributed by atoms with Crippen molar-refractivity contribution in [3.8, 4) is 0 Å². The number of urea groups is 1. The Morgan fingerprint density at radius 3 is 2.00 bits per heavy atom. The molecule has 0 heterocycles. The molecular weight excluding hydrogens is 586 g/mol.